The summed E-state index contributed by atoms with van der Waals surface area (Å²) < 4.78 is 24.4. The van der Waals surface area contributed by atoms with Crippen molar-refractivity contribution in [2.75, 3.05) is 5.73 Å². The lowest BCUT2D eigenvalue weighted by Crippen LogP contribution is -2.04. The second-order valence-electron chi connectivity index (χ2n) is 2.50. The maximum Gasteiger partial charge on any atom is 0.292 e. The molecule has 0 aromatic carbocycles. The third-order valence-electron chi connectivity index (χ3n) is 1.58. The van der Waals surface area contributed by atoms with Gasteiger partial charge >= 0.3 is 0 Å². The number of hydrogen-bond acceptors (Lipinski definition) is 5. The van der Waals surface area contributed by atoms with Crippen LogP contribution in [-0.4, -0.2) is 9.91 Å². The Balaban J connectivity index is 3.47. The number of nitrogens with zero attached hydrogens (tertiary/aromatic N) is 3. The minimum Gasteiger partial charge on any atom is -0.382 e. The quantitative estimate of drug-likeness (QED) is 0.591. The van der Waals surface area contributed by atoms with Gasteiger partial charge in [-0.15, -0.1) is 0 Å². The average Bonchev–Trinajstić information content (AvgIpc) is 2.16. The number of nitro groups is 1. The number of rotatable bonds is 2. The Kier molecular flexibility index (Phi) is 2.75. The molecule has 1 aromatic heterocycles. The molecule has 1 rings (SSSR count). The lowest BCUT2D eigenvalue weighted by Gasteiger charge is -2.02. The highest BCUT2D eigenvalue weighted by Gasteiger charge is 2.22. The van der Waals surface area contributed by atoms with E-state index in [4.69, 9.17) is 11.0 Å². The van der Waals surface area contributed by atoms with Gasteiger partial charge in [-0.25, -0.2) is 13.8 Å². The molecule has 1 aromatic rings. The van der Waals surface area contributed by atoms with E-state index in [2.05, 4.69) is 4.98 Å². The zero-order valence-electron chi connectivity index (χ0n) is 7.15. The molecule has 0 bridgehead atoms. The van der Waals surface area contributed by atoms with Crippen molar-refractivity contribution in [2.45, 2.75) is 6.43 Å². The number of nitriles is 1. The van der Waals surface area contributed by atoms with E-state index in [1.165, 1.54) is 6.07 Å². The second-order valence-corrected chi connectivity index (χ2v) is 2.50. The standard InChI is InChI=1S/C7H4F2N4O2/c8-6(9)4-1-5(13(14)15)3(2-10)7(11)12-4/h1,6H,(H2,11,12). The van der Waals surface area contributed by atoms with Crippen LogP contribution < -0.4 is 5.73 Å². The molecule has 0 atom stereocenters. The van der Waals surface area contributed by atoms with Crippen LogP contribution in [-0.2, 0) is 0 Å². The van der Waals surface area contributed by atoms with Crippen LogP contribution in [0.4, 0.5) is 20.3 Å². The largest absolute Gasteiger partial charge is 0.382 e. The highest BCUT2D eigenvalue weighted by molar-refractivity contribution is 5.61. The first-order chi connectivity index (χ1) is 6.97. The van der Waals surface area contributed by atoms with Gasteiger partial charge in [0.25, 0.3) is 12.1 Å². The number of aromatic nitrogens is 1. The maximum atomic E-state index is 12.2. The van der Waals surface area contributed by atoms with Crippen LogP contribution in [0.2, 0.25) is 0 Å². The SMILES string of the molecule is N#Cc1c([N+](=O)[O-])cc(C(F)F)nc1N. The van der Waals surface area contributed by atoms with Crippen molar-refractivity contribution in [1.82, 2.24) is 4.98 Å². The molecule has 0 spiro atoms. The van der Waals surface area contributed by atoms with E-state index in [0.29, 0.717) is 6.07 Å². The Labute approximate surface area is 82.1 Å². The van der Waals surface area contributed by atoms with Crippen LogP contribution in [0, 0.1) is 21.4 Å². The van der Waals surface area contributed by atoms with Crippen molar-refractivity contribution in [2.24, 2.45) is 0 Å². The predicted molar refractivity (Wildman–Crippen MR) is 45.0 cm³/mol. The van der Waals surface area contributed by atoms with Gasteiger partial charge in [-0.3, -0.25) is 10.1 Å². The van der Waals surface area contributed by atoms with E-state index < -0.39 is 34.1 Å². The van der Waals surface area contributed by atoms with Crippen LogP contribution >= 0.6 is 0 Å². The Morgan fingerprint density at radius 2 is 2.27 bits per heavy atom. The van der Waals surface area contributed by atoms with Gasteiger partial charge in [0.2, 0.25) is 0 Å². The minimum atomic E-state index is -2.97. The average molecular weight is 214 g/mol. The molecule has 1 heterocycles. The molecule has 0 aliphatic rings. The van der Waals surface area contributed by atoms with Crippen LogP contribution in [0.3, 0.4) is 0 Å². The fraction of sp³-hybridized carbons (Fsp3) is 0.143. The van der Waals surface area contributed by atoms with Gasteiger partial charge in [-0.1, -0.05) is 0 Å². The monoisotopic (exact) mass is 214 g/mol. The molecule has 2 N–H and O–H groups in total. The fourth-order valence-corrected chi connectivity index (χ4v) is 0.941. The van der Waals surface area contributed by atoms with Gasteiger partial charge in [-0.05, 0) is 0 Å². The third-order valence-corrected chi connectivity index (χ3v) is 1.58. The van der Waals surface area contributed by atoms with Gasteiger partial charge in [0.1, 0.15) is 17.6 Å². The maximum absolute atomic E-state index is 12.2. The van der Waals surface area contributed by atoms with Crippen LogP contribution in [0.15, 0.2) is 6.07 Å². The van der Waals surface area contributed by atoms with Gasteiger partial charge in [0.05, 0.1) is 4.92 Å². The van der Waals surface area contributed by atoms with E-state index in [-0.39, 0.29) is 0 Å². The highest BCUT2D eigenvalue weighted by Crippen LogP contribution is 2.27. The number of alkyl halides is 2. The molecule has 0 unspecified atom stereocenters. The second kappa shape index (κ2) is 3.83. The molecule has 6 nitrogen and oxygen atoms in total. The molecule has 78 valence electrons. The van der Waals surface area contributed by atoms with Crippen LogP contribution in [0.25, 0.3) is 0 Å². The summed E-state index contributed by atoms with van der Waals surface area (Å²) in [4.78, 5) is 12.7. The van der Waals surface area contributed by atoms with Gasteiger partial charge < -0.3 is 5.73 Å². The van der Waals surface area contributed by atoms with E-state index >= 15 is 0 Å². The van der Waals surface area contributed by atoms with Gasteiger partial charge in [-0.2, -0.15) is 5.26 Å². The zero-order valence-corrected chi connectivity index (χ0v) is 7.15. The number of anilines is 1. The smallest absolute Gasteiger partial charge is 0.292 e. The number of halogens is 2. The predicted octanol–water partition coefficient (Wildman–Crippen LogP) is 1.38. The summed E-state index contributed by atoms with van der Waals surface area (Å²) in [6, 6.07) is 1.98. The molecule has 15 heavy (non-hydrogen) atoms. The molecule has 0 aliphatic heterocycles. The van der Waals surface area contributed by atoms with Crippen molar-refractivity contribution in [3.63, 3.8) is 0 Å². The lowest BCUT2D eigenvalue weighted by atomic mass is 10.2. The van der Waals surface area contributed by atoms with E-state index in [1.807, 2.05) is 0 Å². The third kappa shape index (κ3) is 1.96. The molecule has 0 aliphatic carbocycles. The molecule has 0 saturated carbocycles. The van der Waals surface area contributed by atoms with Crippen molar-refractivity contribution < 1.29 is 13.7 Å². The summed E-state index contributed by atoms with van der Waals surface area (Å²) in [7, 11) is 0. The summed E-state index contributed by atoms with van der Waals surface area (Å²) in [6.45, 7) is 0. The molecule has 8 heteroatoms. The zero-order chi connectivity index (χ0) is 11.6. The van der Waals surface area contributed by atoms with Crippen molar-refractivity contribution >= 4 is 11.5 Å². The summed E-state index contributed by atoms with van der Waals surface area (Å²) in [5.41, 5.74) is 3.04. The normalized spacial score (nSPS) is 10.0. The summed E-state index contributed by atoms with van der Waals surface area (Å²) in [6.07, 6.45) is -2.97. The fourth-order valence-electron chi connectivity index (χ4n) is 0.941. The van der Waals surface area contributed by atoms with Crippen molar-refractivity contribution in [1.29, 1.82) is 5.26 Å². The van der Waals surface area contributed by atoms with E-state index in [0.717, 1.165) is 0 Å². The first-order valence-corrected chi connectivity index (χ1v) is 3.60. The molecule has 0 amide bonds. The number of nitrogen functional groups attached to an aromatic ring is 1. The Bertz CT molecular complexity index is 455. The Morgan fingerprint density at radius 1 is 1.67 bits per heavy atom. The van der Waals surface area contributed by atoms with Crippen molar-refractivity contribution in [3.8, 4) is 6.07 Å². The summed E-state index contributed by atoms with van der Waals surface area (Å²) in [5, 5.41) is 18.9. The van der Waals surface area contributed by atoms with Gasteiger partial charge in [0.15, 0.2) is 5.56 Å². The minimum absolute atomic E-state index is 0.510. The first kappa shape index (κ1) is 10.8. The Morgan fingerprint density at radius 3 is 2.67 bits per heavy atom. The summed E-state index contributed by atoms with van der Waals surface area (Å²) in [5.74, 6) is -0.568. The first-order valence-electron chi connectivity index (χ1n) is 3.60. The summed E-state index contributed by atoms with van der Waals surface area (Å²) >= 11 is 0. The van der Waals surface area contributed by atoms with E-state index in [1.54, 1.807) is 0 Å². The van der Waals surface area contributed by atoms with Crippen LogP contribution in [0.1, 0.15) is 17.7 Å². The lowest BCUT2D eigenvalue weighted by molar-refractivity contribution is -0.385. The Hall–Kier alpha value is -2.30. The van der Waals surface area contributed by atoms with Gasteiger partial charge in [0, 0.05) is 6.07 Å². The number of pyridine rings is 1. The number of nitrogens with two attached hydrogens (primary N) is 1. The molecule has 0 radical (unpaired) electrons. The number of hydrogen-bond donors (Lipinski definition) is 1. The van der Waals surface area contributed by atoms with Crippen LogP contribution in [0.5, 0.6) is 0 Å². The highest BCUT2D eigenvalue weighted by atomic mass is 19.3. The molecular weight excluding hydrogens is 210 g/mol. The van der Waals surface area contributed by atoms with E-state index in [9.17, 15) is 18.9 Å². The van der Waals surface area contributed by atoms with Crippen molar-refractivity contribution in [3.05, 3.63) is 27.4 Å². The molecule has 0 saturated heterocycles. The topological polar surface area (TPSA) is 106 Å². The molecule has 0 fully saturated rings. The molecular formula is C7H4F2N4O2.